The minimum Gasteiger partial charge on any atom is -0.495 e. The van der Waals surface area contributed by atoms with Crippen LogP contribution in [0, 0.1) is 5.82 Å². The molecule has 1 saturated heterocycles. The van der Waals surface area contributed by atoms with Gasteiger partial charge in [-0.15, -0.1) is 0 Å². The van der Waals surface area contributed by atoms with Gasteiger partial charge < -0.3 is 15.0 Å². The summed E-state index contributed by atoms with van der Waals surface area (Å²) in [6.45, 7) is 3.86. The second-order valence-electron chi connectivity index (χ2n) is 6.48. The molecule has 2 aromatic rings. The van der Waals surface area contributed by atoms with Crippen molar-refractivity contribution in [2.45, 2.75) is 6.42 Å². The first-order valence-electron chi connectivity index (χ1n) is 8.91. The van der Waals surface area contributed by atoms with E-state index in [2.05, 4.69) is 10.2 Å². The van der Waals surface area contributed by atoms with Crippen molar-refractivity contribution in [1.29, 1.82) is 0 Å². The Morgan fingerprint density at radius 1 is 1.15 bits per heavy atom. The molecule has 2 aromatic carbocycles. The smallest absolute Gasteiger partial charge is 0.321 e. The predicted molar refractivity (Wildman–Crippen MR) is 105 cm³/mol. The van der Waals surface area contributed by atoms with Gasteiger partial charge >= 0.3 is 6.03 Å². The summed E-state index contributed by atoms with van der Waals surface area (Å²) >= 11 is 6.09. The lowest BCUT2D eigenvalue weighted by atomic mass is 10.1. The third-order valence-electron chi connectivity index (χ3n) is 4.69. The first kappa shape index (κ1) is 19.5. The fourth-order valence-electron chi connectivity index (χ4n) is 3.06. The van der Waals surface area contributed by atoms with Crippen molar-refractivity contribution in [2.24, 2.45) is 0 Å². The number of benzene rings is 2. The average Bonchev–Trinajstić information content (AvgIpc) is 2.68. The zero-order chi connectivity index (χ0) is 19.2. The third kappa shape index (κ3) is 5.34. The Kier molecular flexibility index (Phi) is 6.53. The number of piperazine rings is 1. The van der Waals surface area contributed by atoms with Crippen LogP contribution in [0.2, 0.25) is 5.02 Å². The Bertz CT molecular complexity index is 777. The number of carbonyl (C=O) groups is 1. The molecule has 0 spiro atoms. The van der Waals surface area contributed by atoms with Gasteiger partial charge in [-0.25, -0.2) is 9.18 Å². The fourth-order valence-corrected chi connectivity index (χ4v) is 3.32. The van der Waals surface area contributed by atoms with E-state index in [0.29, 0.717) is 29.5 Å². The van der Waals surface area contributed by atoms with Gasteiger partial charge in [0.2, 0.25) is 0 Å². The molecule has 0 atom stereocenters. The van der Waals surface area contributed by atoms with E-state index in [4.69, 9.17) is 16.3 Å². The van der Waals surface area contributed by atoms with E-state index in [-0.39, 0.29) is 11.8 Å². The maximum atomic E-state index is 12.9. The van der Waals surface area contributed by atoms with Gasteiger partial charge in [-0.2, -0.15) is 0 Å². The summed E-state index contributed by atoms with van der Waals surface area (Å²) in [4.78, 5) is 16.6. The van der Waals surface area contributed by atoms with Crippen LogP contribution < -0.4 is 10.1 Å². The lowest BCUT2D eigenvalue weighted by Crippen LogP contribution is -2.50. The summed E-state index contributed by atoms with van der Waals surface area (Å²) in [7, 11) is 1.55. The Labute approximate surface area is 163 Å². The first-order valence-corrected chi connectivity index (χ1v) is 9.29. The molecule has 0 aliphatic carbocycles. The molecule has 0 unspecified atom stereocenters. The van der Waals surface area contributed by atoms with Gasteiger partial charge in [-0.1, -0.05) is 23.7 Å². The van der Waals surface area contributed by atoms with E-state index in [9.17, 15) is 9.18 Å². The Hall–Kier alpha value is -2.31. The van der Waals surface area contributed by atoms with E-state index in [1.807, 2.05) is 12.1 Å². The Morgan fingerprint density at radius 3 is 2.48 bits per heavy atom. The lowest BCUT2D eigenvalue weighted by molar-refractivity contribution is 0.148. The number of nitrogens with zero attached hydrogens (tertiary/aromatic N) is 2. The van der Waals surface area contributed by atoms with E-state index >= 15 is 0 Å². The van der Waals surface area contributed by atoms with Crippen LogP contribution in [-0.2, 0) is 6.42 Å². The maximum absolute atomic E-state index is 12.9. The van der Waals surface area contributed by atoms with Crippen molar-refractivity contribution in [1.82, 2.24) is 9.80 Å². The monoisotopic (exact) mass is 391 g/mol. The highest BCUT2D eigenvalue weighted by Crippen LogP contribution is 2.27. The summed E-state index contributed by atoms with van der Waals surface area (Å²) in [6, 6.07) is 11.7. The predicted octanol–water partition coefficient (Wildman–Crippen LogP) is 3.88. The molecule has 0 radical (unpaired) electrons. The summed E-state index contributed by atoms with van der Waals surface area (Å²) in [6.07, 6.45) is 0.872. The van der Waals surface area contributed by atoms with Gasteiger partial charge in [0.1, 0.15) is 11.6 Å². The molecule has 0 saturated carbocycles. The zero-order valence-corrected chi connectivity index (χ0v) is 16.0. The number of ether oxygens (including phenoxy) is 1. The van der Waals surface area contributed by atoms with Crippen LogP contribution in [0.1, 0.15) is 5.56 Å². The normalized spacial score (nSPS) is 14.9. The number of amides is 2. The number of urea groups is 1. The molecule has 144 valence electrons. The van der Waals surface area contributed by atoms with Gasteiger partial charge in [0.15, 0.2) is 0 Å². The van der Waals surface area contributed by atoms with Gasteiger partial charge in [0.05, 0.1) is 12.1 Å². The second kappa shape index (κ2) is 9.06. The summed E-state index contributed by atoms with van der Waals surface area (Å²) in [5, 5.41) is 3.33. The minimum absolute atomic E-state index is 0.130. The summed E-state index contributed by atoms with van der Waals surface area (Å²) in [5.41, 5.74) is 1.76. The molecule has 1 aliphatic heterocycles. The SMILES string of the molecule is COc1ccc(NC(=O)N2CCN(CCc3ccc(F)cc3)CC2)cc1Cl. The van der Waals surface area contributed by atoms with E-state index in [0.717, 1.165) is 31.6 Å². The highest BCUT2D eigenvalue weighted by molar-refractivity contribution is 6.32. The standard InChI is InChI=1S/C20H23ClFN3O2/c1-27-19-7-6-17(14-18(19)21)23-20(26)25-12-10-24(11-13-25)9-8-15-2-4-16(22)5-3-15/h2-7,14H,8-13H2,1H3,(H,23,26). The number of anilines is 1. The number of hydrogen-bond acceptors (Lipinski definition) is 3. The van der Waals surface area contributed by atoms with Crippen LogP contribution in [0.25, 0.3) is 0 Å². The molecular formula is C20H23ClFN3O2. The molecule has 1 fully saturated rings. The van der Waals surface area contributed by atoms with Crippen molar-refractivity contribution >= 4 is 23.3 Å². The average molecular weight is 392 g/mol. The molecule has 2 amide bonds. The highest BCUT2D eigenvalue weighted by Gasteiger charge is 2.21. The molecule has 7 heteroatoms. The fraction of sp³-hybridized carbons (Fsp3) is 0.350. The third-order valence-corrected chi connectivity index (χ3v) is 4.99. The van der Waals surface area contributed by atoms with Crippen molar-refractivity contribution in [2.75, 3.05) is 45.2 Å². The number of halogens is 2. The quantitative estimate of drug-likeness (QED) is 0.841. The highest BCUT2D eigenvalue weighted by atomic mass is 35.5. The molecule has 1 heterocycles. The van der Waals surface area contributed by atoms with Gasteiger partial charge in [0, 0.05) is 38.4 Å². The van der Waals surface area contributed by atoms with Gasteiger partial charge in [-0.05, 0) is 42.3 Å². The number of carbonyl (C=O) groups excluding carboxylic acids is 1. The molecule has 27 heavy (non-hydrogen) atoms. The van der Waals surface area contributed by atoms with Gasteiger partial charge in [-0.3, -0.25) is 4.90 Å². The Balaban J connectivity index is 1.44. The zero-order valence-electron chi connectivity index (χ0n) is 15.3. The molecule has 1 aliphatic rings. The van der Waals surface area contributed by atoms with Crippen LogP contribution in [0.5, 0.6) is 5.75 Å². The second-order valence-corrected chi connectivity index (χ2v) is 6.89. The molecule has 0 bridgehead atoms. The van der Waals surface area contributed by atoms with Crippen molar-refractivity contribution in [3.8, 4) is 5.75 Å². The summed E-state index contributed by atoms with van der Waals surface area (Å²) < 4.78 is 18.1. The number of methoxy groups -OCH3 is 1. The number of hydrogen-bond donors (Lipinski definition) is 1. The van der Waals surface area contributed by atoms with E-state index in [1.165, 1.54) is 12.1 Å². The Morgan fingerprint density at radius 2 is 1.85 bits per heavy atom. The lowest BCUT2D eigenvalue weighted by Gasteiger charge is -2.34. The van der Waals surface area contributed by atoms with Crippen LogP contribution in [0.3, 0.4) is 0 Å². The topological polar surface area (TPSA) is 44.8 Å². The summed E-state index contributed by atoms with van der Waals surface area (Å²) in [5.74, 6) is 0.362. The first-order chi connectivity index (χ1) is 13.0. The van der Waals surface area contributed by atoms with Crippen LogP contribution in [0.15, 0.2) is 42.5 Å². The van der Waals surface area contributed by atoms with E-state index < -0.39 is 0 Å². The molecular weight excluding hydrogens is 369 g/mol. The number of nitrogens with one attached hydrogen (secondary N) is 1. The number of rotatable bonds is 5. The molecule has 0 aromatic heterocycles. The van der Waals surface area contributed by atoms with Crippen LogP contribution >= 0.6 is 11.6 Å². The van der Waals surface area contributed by atoms with Crippen LogP contribution in [0.4, 0.5) is 14.9 Å². The van der Waals surface area contributed by atoms with Crippen molar-refractivity contribution in [3.05, 3.63) is 58.9 Å². The van der Waals surface area contributed by atoms with Crippen molar-refractivity contribution in [3.63, 3.8) is 0 Å². The van der Waals surface area contributed by atoms with Crippen LogP contribution in [-0.4, -0.2) is 55.7 Å². The van der Waals surface area contributed by atoms with E-state index in [1.54, 1.807) is 30.2 Å². The molecule has 3 rings (SSSR count). The van der Waals surface area contributed by atoms with Crippen molar-refractivity contribution < 1.29 is 13.9 Å². The largest absolute Gasteiger partial charge is 0.495 e. The van der Waals surface area contributed by atoms with Gasteiger partial charge in [0.25, 0.3) is 0 Å². The molecule has 5 nitrogen and oxygen atoms in total. The molecule has 1 N–H and O–H groups in total. The minimum atomic E-state index is -0.212. The maximum Gasteiger partial charge on any atom is 0.321 e.